The standard InChI is InChI=1S/C16H14Cl3N/c17-13-5-2-1-4-12(13)10-8-11(9-10)20-16-14(18)6-3-7-15(16)19/h1-7,10-11,20H,8-9H2. The van der Waals surface area contributed by atoms with Crippen LogP contribution in [-0.2, 0) is 0 Å². The number of nitrogens with one attached hydrogen (secondary N) is 1. The highest BCUT2D eigenvalue weighted by molar-refractivity contribution is 6.39. The van der Waals surface area contributed by atoms with Gasteiger partial charge in [-0.3, -0.25) is 0 Å². The van der Waals surface area contributed by atoms with Crippen LogP contribution in [-0.4, -0.2) is 6.04 Å². The van der Waals surface area contributed by atoms with Crippen molar-refractivity contribution in [2.75, 3.05) is 5.32 Å². The number of rotatable bonds is 3. The molecule has 0 unspecified atom stereocenters. The Hall–Kier alpha value is -0.890. The average Bonchev–Trinajstić information content (AvgIpc) is 2.37. The molecule has 1 aliphatic rings. The van der Waals surface area contributed by atoms with Gasteiger partial charge in [0.15, 0.2) is 0 Å². The maximum absolute atomic E-state index is 6.23. The van der Waals surface area contributed by atoms with Gasteiger partial charge < -0.3 is 5.32 Å². The first-order chi connectivity index (χ1) is 9.65. The first-order valence-corrected chi connectivity index (χ1v) is 7.73. The van der Waals surface area contributed by atoms with Gasteiger partial charge in [-0.2, -0.15) is 0 Å². The molecule has 20 heavy (non-hydrogen) atoms. The van der Waals surface area contributed by atoms with Crippen LogP contribution in [0.5, 0.6) is 0 Å². The maximum Gasteiger partial charge on any atom is 0.0721 e. The second-order valence-electron chi connectivity index (χ2n) is 5.13. The highest BCUT2D eigenvalue weighted by Crippen LogP contribution is 2.42. The van der Waals surface area contributed by atoms with Crippen LogP contribution in [0.25, 0.3) is 0 Å². The summed E-state index contributed by atoms with van der Waals surface area (Å²) >= 11 is 18.6. The van der Waals surface area contributed by atoms with Gasteiger partial charge in [0.05, 0.1) is 15.7 Å². The van der Waals surface area contributed by atoms with Gasteiger partial charge in [0.25, 0.3) is 0 Å². The lowest BCUT2D eigenvalue weighted by atomic mass is 9.76. The number of anilines is 1. The van der Waals surface area contributed by atoms with Gasteiger partial charge >= 0.3 is 0 Å². The van der Waals surface area contributed by atoms with Crippen molar-refractivity contribution in [3.05, 3.63) is 63.1 Å². The van der Waals surface area contributed by atoms with Gasteiger partial charge in [-0.15, -0.1) is 0 Å². The monoisotopic (exact) mass is 325 g/mol. The zero-order chi connectivity index (χ0) is 14.1. The molecule has 0 amide bonds. The van der Waals surface area contributed by atoms with Crippen molar-refractivity contribution >= 4 is 40.5 Å². The zero-order valence-electron chi connectivity index (χ0n) is 10.7. The highest BCUT2D eigenvalue weighted by atomic mass is 35.5. The van der Waals surface area contributed by atoms with Crippen LogP contribution in [0.2, 0.25) is 15.1 Å². The van der Waals surface area contributed by atoms with E-state index in [4.69, 9.17) is 34.8 Å². The maximum atomic E-state index is 6.23. The Morgan fingerprint density at radius 2 is 1.40 bits per heavy atom. The molecule has 2 aromatic rings. The molecule has 2 aromatic carbocycles. The number of benzene rings is 2. The molecule has 1 nitrogen and oxygen atoms in total. The van der Waals surface area contributed by atoms with E-state index < -0.39 is 0 Å². The largest absolute Gasteiger partial charge is 0.380 e. The Kier molecular flexibility index (Phi) is 4.11. The number of para-hydroxylation sites is 1. The predicted octanol–water partition coefficient (Wildman–Crippen LogP) is 6.00. The fourth-order valence-corrected chi connectivity index (χ4v) is 3.43. The van der Waals surface area contributed by atoms with Gasteiger partial charge in [-0.1, -0.05) is 59.1 Å². The Morgan fingerprint density at radius 1 is 0.800 bits per heavy atom. The van der Waals surface area contributed by atoms with Crippen LogP contribution in [0.4, 0.5) is 5.69 Å². The first-order valence-electron chi connectivity index (χ1n) is 6.60. The van der Waals surface area contributed by atoms with E-state index in [1.807, 2.05) is 36.4 Å². The molecule has 0 atom stereocenters. The molecule has 0 aliphatic heterocycles. The fraction of sp³-hybridized carbons (Fsp3) is 0.250. The van der Waals surface area contributed by atoms with E-state index in [9.17, 15) is 0 Å². The summed E-state index contributed by atoms with van der Waals surface area (Å²) in [7, 11) is 0. The molecular weight excluding hydrogens is 313 g/mol. The van der Waals surface area contributed by atoms with Crippen molar-refractivity contribution in [1.29, 1.82) is 0 Å². The molecule has 4 heteroatoms. The van der Waals surface area contributed by atoms with Crippen LogP contribution in [0, 0.1) is 0 Å². The van der Waals surface area contributed by atoms with Gasteiger partial charge in [-0.25, -0.2) is 0 Å². The van der Waals surface area contributed by atoms with E-state index in [1.165, 1.54) is 5.56 Å². The van der Waals surface area contributed by atoms with E-state index in [0.717, 1.165) is 23.6 Å². The molecule has 1 fully saturated rings. The van der Waals surface area contributed by atoms with Crippen LogP contribution < -0.4 is 5.32 Å². The average molecular weight is 327 g/mol. The molecule has 0 spiro atoms. The smallest absolute Gasteiger partial charge is 0.0721 e. The predicted molar refractivity (Wildman–Crippen MR) is 87.3 cm³/mol. The molecule has 0 aromatic heterocycles. The molecule has 0 radical (unpaired) electrons. The summed E-state index contributed by atoms with van der Waals surface area (Å²) in [6, 6.07) is 14.0. The fourth-order valence-electron chi connectivity index (χ4n) is 2.64. The molecule has 1 N–H and O–H groups in total. The molecule has 1 aliphatic carbocycles. The number of halogens is 3. The Morgan fingerprint density at radius 3 is 2.05 bits per heavy atom. The molecule has 0 heterocycles. The normalized spacial score (nSPS) is 21.4. The third-order valence-corrected chi connectivity index (χ3v) is 4.77. The molecule has 104 valence electrons. The summed E-state index contributed by atoms with van der Waals surface area (Å²) in [4.78, 5) is 0. The van der Waals surface area contributed by atoms with Crippen molar-refractivity contribution in [1.82, 2.24) is 0 Å². The Bertz CT molecular complexity index is 601. The van der Waals surface area contributed by atoms with Gasteiger partial charge in [0, 0.05) is 11.1 Å². The topological polar surface area (TPSA) is 12.0 Å². The van der Waals surface area contributed by atoms with Crippen molar-refractivity contribution < 1.29 is 0 Å². The number of hydrogen-bond donors (Lipinski definition) is 1. The van der Waals surface area contributed by atoms with E-state index in [0.29, 0.717) is 22.0 Å². The lowest BCUT2D eigenvalue weighted by molar-refractivity contribution is 0.374. The van der Waals surface area contributed by atoms with Crippen LogP contribution >= 0.6 is 34.8 Å². The van der Waals surface area contributed by atoms with Crippen molar-refractivity contribution in [3.63, 3.8) is 0 Å². The second kappa shape index (κ2) is 5.85. The minimum atomic E-state index is 0.397. The molecular formula is C16H14Cl3N. The van der Waals surface area contributed by atoms with Crippen molar-refractivity contribution in [3.8, 4) is 0 Å². The lowest BCUT2D eigenvalue weighted by Crippen LogP contribution is -2.34. The summed E-state index contributed by atoms with van der Waals surface area (Å²) in [6.07, 6.45) is 2.09. The van der Waals surface area contributed by atoms with Gasteiger partial charge in [0.1, 0.15) is 0 Å². The SMILES string of the molecule is Clc1ccccc1C1CC(Nc2c(Cl)cccc2Cl)C1. The first kappa shape index (κ1) is 14.1. The van der Waals surface area contributed by atoms with Gasteiger partial charge in [-0.05, 0) is 42.5 Å². The van der Waals surface area contributed by atoms with Crippen LogP contribution in [0.15, 0.2) is 42.5 Å². The number of hydrogen-bond acceptors (Lipinski definition) is 1. The molecule has 0 bridgehead atoms. The molecule has 1 saturated carbocycles. The van der Waals surface area contributed by atoms with Crippen molar-refractivity contribution in [2.45, 2.75) is 24.8 Å². The summed E-state index contributed by atoms with van der Waals surface area (Å²) in [5.41, 5.74) is 2.07. The summed E-state index contributed by atoms with van der Waals surface area (Å²) < 4.78 is 0. The lowest BCUT2D eigenvalue weighted by Gasteiger charge is -2.37. The molecule has 3 rings (SSSR count). The Balaban J connectivity index is 1.66. The highest BCUT2D eigenvalue weighted by Gasteiger charge is 2.32. The quantitative estimate of drug-likeness (QED) is 0.729. The van der Waals surface area contributed by atoms with E-state index >= 15 is 0 Å². The Labute approximate surface area is 133 Å². The van der Waals surface area contributed by atoms with E-state index in [-0.39, 0.29) is 0 Å². The van der Waals surface area contributed by atoms with E-state index in [2.05, 4.69) is 11.4 Å². The minimum Gasteiger partial charge on any atom is -0.380 e. The van der Waals surface area contributed by atoms with E-state index in [1.54, 1.807) is 0 Å². The zero-order valence-corrected chi connectivity index (χ0v) is 13.0. The second-order valence-corrected chi connectivity index (χ2v) is 6.35. The van der Waals surface area contributed by atoms with Crippen molar-refractivity contribution in [2.24, 2.45) is 0 Å². The summed E-state index contributed by atoms with van der Waals surface area (Å²) in [5, 5.41) is 5.61. The minimum absolute atomic E-state index is 0.397. The van der Waals surface area contributed by atoms with Crippen LogP contribution in [0.3, 0.4) is 0 Å². The van der Waals surface area contributed by atoms with Crippen LogP contribution in [0.1, 0.15) is 24.3 Å². The third kappa shape index (κ3) is 2.76. The molecule has 0 saturated heterocycles. The summed E-state index contributed by atoms with van der Waals surface area (Å²) in [5.74, 6) is 0.516. The van der Waals surface area contributed by atoms with Gasteiger partial charge in [0.2, 0.25) is 0 Å². The summed E-state index contributed by atoms with van der Waals surface area (Å²) in [6.45, 7) is 0. The third-order valence-electron chi connectivity index (χ3n) is 3.79.